The molecule has 2 aromatic heterocycles. The second-order valence-electron chi connectivity index (χ2n) is 5.40. The molecule has 3 heterocycles. The summed E-state index contributed by atoms with van der Waals surface area (Å²) in [5.41, 5.74) is 3.98. The highest BCUT2D eigenvalue weighted by molar-refractivity contribution is 5.85. The summed E-state index contributed by atoms with van der Waals surface area (Å²) in [6.45, 7) is 2.98. The number of hydrazone groups is 1. The Kier molecular flexibility index (Phi) is 3.34. The van der Waals surface area contributed by atoms with Crippen LogP contribution in [0.3, 0.4) is 0 Å². The number of anilines is 1. The second kappa shape index (κ2) is 5.64. The topological polar surface area (TPSA) is 67.4 Å². The highest BCUT2D eigenvalue weighted by Crippen LogP contribution is 2.26. The van der Waals surface area contributed by atoms with Gasteiger partial charge < -0.3 is 4.42 Å². The Morgan fingerprint density at radius 1 is 0.913 bits per heavy atom. The summed E-state index contributed by atoms with van der Waals surface area (Å²) in [5.74, 6) is 0.996. The zero-order valence-corrected chi connectivity index (χ0v) is 12.7. The maximum atomic E-state index is 5.75. The summed E-state index contributed by atoms with van der Waals surface area (Å²) < 4.78 is 5.75. The molecule has 1 aromatic carbocycles. The number of hydrogen-bond donors (Lipinski definition) is 0. The lowest BCUT2D eigenvalue weighted by molar-refractivity contribution is 0.584. The van der Waals surface area contributed by atoms with Crippen LogP contribution in [-0.2, 0) is 0 Å². The largest absolute Gasteiger partial charge is 0.416 e. The van der Waals surface area contributed by atoms with Crippen molar-refractivity contribution >= 4 is 11.4 Å². The molecule has 3 aromatic rings. The second-order valence-corrected chi connectivity index (χ2v) is 5.40. The summed E-state index contributed by atoms with van der Waals surface area (Å²) in [7, 11) is 0. The van der Waals surface area contributed by atoms with Crippen molar-refractivity contribution < 1.29 is 4.42 Å². The molecular formula is C17H15N5O. The van der Waals surface area contributed by atoms with E-state index in [9.17, 15) is 0 Å². The van der Waals surface area contributed by atoms with Crippen LogP contribution in [0.5, 0.6) is 0 Å². The lowest BCUT2D eigenvalue weighted by Crippen LogP contribution is -2.11. The fourth-order valence-corrected chi connectivity index (χ4v) is 2.49. The van der Waals surface area contributed by atoms with Gasteiger partial charge in [0.25, 0.3) is 0 Å². The molecule has 1 aliphatic rings. The standard InChI is InChI=1S/C17H15N5O/c1-12-8-11-22(21-12)15-4-2-13(3-5-15)16-19-20-17(23-16)14-6-9-18-10-7-14/h2-7,9-10H,8,11H2,1H3. The Balaban J connectivity index is 1.58. The van der Waals surface area contributed by atoms with Crippen molar-refractivity contribution in [2.45, 2.75) is 13.3 Å². The van der Waals surface area contributed by atoms with Crippen molar-refractivity contribution in [3.63, 3.8) is 0 Å². The molecule has 0 fully saturated rings. The van der Waals surface area contributed by atoms with Crippen molar-refractivity contribution in [1.82, 2.24) is 15.2 Å². The number of benzene rings is 1. The van der Waals surface area contributed by atoms with Gasteiger partial charge in [-0.05, 0) is 43.3 Å². The van der Waals surface area contributed by atoms with Crippen molar-refractivity contribution in [2.24, 2.45) is 5.10 Å². The molecule has 0 atom stereocenters. The van der Waals surface area contributed by atoms with Gasteiger partial charge in [-0.1, -0.05) is 0 Å². The first-order valence-electron chi connectivity index (χ1n) is 7.45. The quantitative estimate of drug-likeness (QED) is 0.742. The van der Waals surface area contributed by atoms with Gasteiger partial charge in [-0.25, -0.2) is 0 Å². The fourth-order valence-electron chi connectivity index (χ4n) is 2.49. The highest BCUT2D eigenvalue weighted by Gasteiger charge is 2.14. The van der Waals surface area contributed by atoms with Crippen LogP contribution in [-0.4, -0.2) is 27.4 Å². The molecule has 6 nitrogen and oxygen atoms in total. The summed E-state index contributed by atoms with van der Waals surface area (Å²) in [5, 5.41) is 14.7. The summed E-state index contributed by atoms with van der Waals surface area (Å²) >= 11 is 0. The predicted molar refractivity (Wildman–Crippen MR) is 88.0 cm³/mol. The van der Waals surface area contributed by atoms with Gasteiger partial charge in [-0.3, -0.25) is 9.99 Å². The molecule has 6 heteroatoms. The SMILES string of the molecule is CC1=NN(c2ccc(-c3nnc(-c4ccncc4)o3)cc2)CC1. The minimum absolute atomic E-state index is 0.492. The van der Waals surface area contributed by atoms with Crippen LogP contribution >= 0.6 is 0 Å². The van der Waals surface area contributed by atoms with Crippen LogP contribution in [0.25, 0.3) is 22.9 Å². The molecule has 0 aliphatic carbocycles. The van der Waals surface area contributed by atoms with Gasteiger partial charge in [0.1, 0.15) is 0 Å². The minimum atomic E-state index is 0.492. The van der Waals surface area contributed by atoms with E-state index in [4.69, 9.17) is 4.42 Å². The number of nitrogens with zero attached hydrogens (tertiary/aromatic N) is 5. The van der Waals surface area contributed by atoms with E-state index in [-0.39, 0.29) is 0 Å². The average molecular weight is 305 g/mol. The monoisotopic (exact) mass is 305 g/mol. The van der Waals surface area contributed by atoms with E-state index in [1.807, 2.05) is 48.3 Å². The van der Waals surface area contributed by atoms with E-state index < -0.39 is 0 Å². The van der Waals surface area contributed by atoms with Crippen LogP contribution in [0.1, 0.15) is 13.3 Å². The Bertz CT molecular complexity index is 839. The molecule has 114 valence electrons. The number of rotatable bonds is 3. The van der Waals surface area contributed by atoms with Crippen molar-refractivity contribution in [3.8, 4) is 22.9 Å². The van der Waals surface area contributed by atoms with Crippen LogP contribution in [0, 0.1) is 0 Å². The molecule has 0 radical (unpaired) electrons. The molecule has 0 spiro atoms. The third-order valence-electron chi connectivity index (χ3n) is 3.74. The lowest BCUT2D eigenvalue weighted by Gasteiger charge is -2.13. The zero-order chi connectivity index (χ0) is 15.6. The van der Waals surface area contributed by atoms with Crippen molar-refractivity contribution in [1.29, 1.82) is 0 Å². The van der Waals surface area contributed by atoms with Crippen molar-refractivity contribution in [2.75, 3.05) is 11.6 Å². The molecular weight excluding hydrogens is 290 g/mol. The third-order valence-corrected chi connectivity index (χ3v) is 3.74. The van der Waals surface area contributed by atoms with Crippen LogP contribution in [0.2, 0.25) is 0 Å². The van der Waals surface area contributed by atoms with Crippen molar-refractivity contribution in [3.05, 3.63) is 48.8 Å². The smallest absolute Gasteiger partial charge is 0.248 e. The number of hydrogen-bond acceptors (Lipinski definition) is 6. The van der Waals surface area contributed by atoms with Gasteiger partial charge in [0.05, 0.1) is 5.69 Å². The Labute approximate surface area is 133 Å². The molecule has 0 amide bonds. The number of pyridine rings is 1. The van der Waals surface area contributed by atoms with E-state index in [1.165, 1.54) is 0 Å². The predicted octanol–water partition coefficient (Wildman–Crippen LogP) is 3.38. The molecule has 1 aliphatic heterocycles. The van der Waals surface area contributed by atoms with Gasteiger partial charge in [-0.15, -0.1) is 10.2 Å². The van der Waals surface area contributed by atoms with Gasteiger partial charge in [-0.2, -0.15) is 5.10 Å². The summed E-state index contributed by atoms with van der Waals surface area (Å²) in [6.07, 6.45) is 4.42. The van der Waals surface area contributed by atoms with E-state index in [0.717, 1.165) is 35.5 Å². The molecule has 0 bridgehead atoms. The molecule has 0 saturated heterocycles. The third kappa shape index (κ3) is 2.70. The van der Waals surface area contributed by atoms with E-state index in [0.29, 0.717) is 11.8 Å². The molecule has 0 N–H and O–H groups in total. The first kappa shape index (κ1) is 13.6. The Morgan fingerprint density at radius 2 is 1.57 bits per heavy atom. The normalized spacial score (nSPS) is 14.1. The summed E-state index contributed by atoms with van der Waals surface area (Å²) in [4.78, 5) is 3.98. The van der Waals surface area contributed by atoms with Gasteiger partial charge in [0.2, 0.25) is 11.8 Å². The first-order chi connectivity index (χ1) is 11.3. The maximum Gasteiger partial charge on any atom is 0.248 e. The fraction of sp³-hybridized carbons (Fsp3) is 0.176. The molecule has 0 saturated carbocycles. The summed E-state index contributed by atoms with van der Waals surface area (Å²) in [6, 6.07) is 11.7. The Morgan fingerprint density at radius 3 is 2.17 bits per heavy atom. The van der Waals surface area contributed by atoms with Gasteiger partial charge >= 0.3 is 0 Å². The highest BCUT2D eigenvalue weighted by atomic mass is 16.4. The Hall–Kier alpha value is -3.02. The maximum absolute atomic E-state index is 5.75. The lowest BCUT2D eigenvalue weighted by atomic mass is 10.2. The molecule has 23 heavy (non-hydrogen) atoms. The zero-order valence-electron chi connectivity index (χ0n) is 12.7. The van der Waals surface area contributed by atoms with Crippen LogP contribution < -0.4 is 5.01 Å². The van der Waals surface area contributed by atoms with Gasteiger partial charge in [0.15, 0.2) is 0 Å². The first-order valence-corrected chi connectivity index (χ1v) is 7.45. The van der Waals surface area contributed by atoms with Gasteiger partial charge in [0, 0.05) is 42.2 Å². The van der Waals surface area contributed by atoms with Crippen LogP contribution in [0.4, 0.5) is 5.69 Å². The van der Waals surface area contributed by atoms with E-state index in [2.05, 4.69) is 20.3 Å². The van der Waals surface area contributed by atoms with Crippen LogP contribution in [0.15, 0.2) is 58.3 Å². The molecule has 4 rings (SSSR count). The minimum Gasteiger partial charge on any atom is -0.416 e. The van der Waals surface area contributed by atoms with E-state index >= 15 is 0 Å². The number of aromatic nitrogens is 3. The van der Waals surface area contributed by atoms with E-state index in [1.54, 1.807) is 12.4 Å². The average Bonchev–Trinajstić information content (AvgIpc) is 3.25. The molecule has 0 unspecified atom stereocenters.